The number of thiazole rings is 1. The summed E-state index contributed by atoms with van der Waals surface area (Å²) in [6.07, 6.45) is 1.50. The second kappa shape index (κ2) is 8.03. The van der Waals surface area contributed by atoms with Gasteiger partial charge in [0, 0.05) is 25.6 Å². The Kier molecular flexibility index (Phi) is 5.48. The highest BCUT2D eigenvalue weighted by atomic mass is 79.9. The Morgan fingerprint density at radius 3 is 2.68 bits per heavy atom. The molecular weight excluding hydrogens is 462 g/mol. The van der Waals surface area contributed by atoms with Gasteiger partial charge in [0.05, 0.1) is 11.6 Å². The van der Waals surface area contributed by atoms with Crippen molar-refractivity contribution in [1.29, 1.82) is 0 Å². The molecule has 1 unspecified atom stereocenters. The van der Waals surface area contributed by atoms with Crippen LogP contribution in [-0.2, 0) is 11.2 Å². The number of nitrogens with one attached hydrogen (secondary N) is 2. The molecular formula is C20H15BrClN3O2S. The van der Waals surface area contributed by atoms with Gasteiger partial charge in [0.25, 0.3) is 5.91 Å². The lowest BCUT2D eigenvalue weighted by atomic mass is 10.1. The first kappa shape index (κ1) is 19.1. The van der Waals surface area contributed by atoms with Gasteiger partial charge in [0.1, 0.15) is 0 Å². The Labute approximate surface area is 179 Å². The molecule has 142 valence electrons. The number of hydrogen-bond acceptors (Lipinski definition) is 4. The maximum atomic E-state index is 12.7. The first-order valence-electron chi connectivity index (χ1n) is 8.62. The van der Waals surface area contributed by atoms with Gasteiger partial charge < -0.3 is 5.32 Å². The van der Waals surface area contributed by atoms with Crippen molar-refractivity contribution in [3.63, 3.8) is 0 Å². The molecule has 1 heterocycles. The summed E-state index contributed by atoms with van der Waals surface area (Å²) in [6.45, 7) is 0. The molecule has 0 saturated carbocycles. The minimum Gasteiger partial charge on any atom is -0.325 e. The van der Waals surface area contributed by atoms with Crippen LogP contribution in [0.2, 0.25) is 5.02 Å². The van der Waals surface area contributed by atoms with Crippen molar-refractivity contribution in [2.75, 3.05) is 10.6 Å². The predicted molar refractivity (Wildman–Crippen MR) is 115 cm³/mol. The fraction of sp³-hybridized carbons (Fsp3) is 0.150. The van der Waals surface area contributed by atoms with Crippen LogP contribution in [-0.4, -0.2) is 16.8 Å². The van der Waals surface area contributed by atoms with Crippen molar-refractivity contribution in [2.24, 2.45) is 0 Å². The lowest BCUT2D eigenvalue weighted by Crippen LogP contribution is -2.20. The quantitative estimate of drug-likeness (QED) is 0.524. The standard InChI is InChI=1S/C20H15BrClN3O2S/c21-12-2-1-3-14(10-12)23-19(27)15-8-9-16-17(15)24-20(28-16)25-18(26)11-4-6-13(22)7-5-11/h1-7,10,15H,8-9H2,(H,23,27)(H,24,25,26). The molecule has 3 aromatic rings. The van der Waals surface area contributed by atoms with Crippen LogP contribution in [0.3, 0.4) is 0 Å². The van der Waals surface area contributed by atoms with Crippen molar-refractivity contribution in [3.8, 4) is 0 Å². The van der Waals surface area contributed by atoms with E-state index in [1.807, 2.05) is 24.3 Å². The number of nitrogens with zero attached hydrogens (tertiary/aromatic N) is 1. The second-order valence-electron chi connectivity index (χ2n) is 6.38. The Balaban J connectivity index is 1.47. The Morgan fingerprint density at radius 2 is 1.93 bits per heavy atom. The molecule has 28 heavy (non-hydrogen) atoms. The summed E-state index contributed by atoms with van der Waals surface area (Å²) in [5, 5.41) is 6.83. The van der Waals surface area contributed by atoms with Crippen LogP contribution in [0.15, 0.2) is 53.0 Å². The maximum Gasteiger partial charge on any atom is 0.257 e. The van der Waals surface area contributed by atoms with Crippen LogP contribution in [0, 0.1) is 0 Å². The number of aromatic nitrogens is 1. The zero-order valence-corrected chi connectivity index (χ0v) is 17.7. The van der Waals surface area contributed by atoms with E-state index in [1.54, 1.807) is 24.3 Å². The molecule has 4 rings (SSSR count). The number of amides is 2. The topological polar surface area (TPSA) is 71.1 Å². The van der Waals surface area contributed by atoms with Gasteiger partial charge in [-0.2, -0.15) is 0 Å². The van der Waals surface area contributed by atoms with E-state index in [2.05, 4.69) is 31.5 Å². The number of fused-ring (bicyclic) bond motifs is 1. The highest BCUT2D eigenvalue weighted by Crippen LogP contribution is 2.39. The van der Waals surface area contributed by atoms with E-state index in [0.29, 0.717) is 15.7 Å². The molecule has 1 aromatic heterocycles. The van der Waals surface area contributed by atoms with Gasteiger partial charge in [-0.1, -0.05) is 33.6 Å². The summed E-state index contributed by atoms with van der Waals surface area (Å²) in [4.78, 5) is 30.6. The second-order valence-corrected chi connectivity index (χ2v) is 8.82. The lowest BCUT2D eigenvalue weighted by Gasteiger charge is -2.11. The summed E-state index contributed by atoms with van der Waals surface area (Å²) in [7, 11) is 0. The van der Waals surface area contributed by atoms with E-state index in [9.17, 15) is 9.59 Å². The van der Waals surface area contributed by atoms with Crippen molar-refractivity contribution in [3.05, 3.63) is 74.2 Å². The van der Waals surface area contributed by atoms with Crippen LogP contribution in [0.5, 0.6) is 0 Å². The van der Waals surface area contributed by atoms with Crippen molar-refractivity contribution in [2.45, 2.75) is 18.8 Å². The largest absolute Gasteiger partial charge is 0.325 e. The van der Waals surface area contributed by atoms with Crippen molar-refractivity contribution >= 4 is 61.5 Å². The number of halogens is 2. The van der Waals surface area contributed by atoms with Gasteiger partial charge in [0.2, 0.25) is 5.91 Å². The summed E-state index contributed by atoms with van der Waals surface area (Å²) in [6, 6.07) is 14.1. The van der Waals surface area contributed by atoms with Crippen LogP contribution in [0.4, 0.5) is 10.8 Å². The summed E-state index contributed by atoms with van der Waals surface area (Å²) >= 11 is 10.7. The minimum absolute atomic E-state index is 0.0854. The maximum absolute atomic E-state index is 12.7. The molecule has 1 aliphatic carbocycles. The SMILES string of the molecule is O=C(Nc1nc2c(s1)CCC2C(=O)Nc1cccc(Br)c1)c1ccc(Cl)cc1. The minimum atomic E-state index is -0.314. The average molecular weight is 477 g/mol. The molecule has 5 nitrogen and oxygen atoms in total. The monoisotopic (exact) mass is 475 g/mol. The van der Waals surface area contributed by atoms with E-state index in [4.69, 9.17) is 11.6 Å². The third kappa shape index (κ3) is 4.11. The zero-order valence-electron chi connectivity index (χ0n) is 14.5. The molecule has 1 atom stereocenters. The number of benzene rings is 2. The molecule has 2 aromatic carbocycles. The van der Waals surface area contributed by atoms with Crippen molar-refractivity contribution in [1.82, 2.24) is 4.98 Å². The summed E-state index contributed by atoms with van der Waals surface area (Å²) < 4.78 is 0.901. The number of rotatable bonds is 4. The number of aryl methyl sites for hydroxylation is 1. The lowest BCUT2D eigenvalue weighted by molar-refractivity contribution is -0.117. The molecule has 0 fully saturated rings. The first-order chi connectivity index (χ1) is 13.5. The molecule has 2 amide bonds. The van der Waals surface area contributed by atoms with Crippen LogP contribution < -0.4 is 10.6 Å². The fourth-order valence-electron chi connectivity index (χ4n) is 3.10. The Morgan fingerprint density at radius 1 is 1.14 bits per heavy atom. The Hall–Kier alpha value is -2.22. The van der Waals surface area contributed by atoms with Crippen molar-refractivity contribution < 1.29 is 9.59 Å². The summed E-state index contributed by atoms with van der Waals surface area (Å²) in [5.41, 5.74) is 1.99. The van der Waals surface area contributed by atoms with Gasteiger partial charge in [-0.05, 0) is 55.3 Å². The molecule has 8 heteroatoms. The fourth-order valence-corrected chi connectivity index (χ4v) is 4.66. The number of hydrogen-bond donors (Lipinski definition) is 2. The smallest absolute Gasteiger partial charge is 0.257 e. The molecule has 0 saturated heterocycles. The average Bonchev–Trinajstić information content (AvgIpc) is 3.22. The van der Waals surface area contributed by atoms with Gasteiger partial charge >= 0.3 is 0 Å². The molecule has 0 aliphatic heterocycles. The molecule has 0 radical (unpaired) electrons. The van der Waals surface area contributed by atoms with E-state index >= 15 is 0 Å². The van der Waals surface area contributed by atoms with Gasteiger partial charge in [0.15, 0.2) is 5.13 Å². The van der Waals surface area contributed by atoms with Crippen LogP contribution >= 0.6 is 38.9 Å². The normalized spacial score (nSPS) is 15.1. The molecule has 2 N–H and O–H groups in total. The molecule has 0 spiro atoms. The predicted octanol–water partition coefficient (Wildman–Crippen LogP) is 5.48. The van der Waals surface area contributed by atoms with E-state index < -0.39 is 0 Å². The van der Waals surface area contributed by atoms with E-state index in [-0.39, 0.29) is 17.7 Å². The van der Waals surface area contributed by atoms with Gasteiger partial charge in [-0.3, -0.25) is 14.9 Å². The number of carbonyl (C=O) groups excluding carboxylic acids is 2. The number of carbonyl (C=O) groups is 2. The third-order valence-electron chi connectivity index (χ3n) is 4.45. The third-order valence-corrected chi connectivity index (χ3v) is 6.24. The van der Waals surface area contributed by atoms with E-state index in [1.165, 1.54) is 11.3 Å². The number of anilines is 2. The van der Waals surface area contributed by atoms with Gasteiger partial charge in [-0.15, -0.1) is 11.3 Å². The molecule has 1 aliphatic rings. The first-order valence-corrected chi connectivity index (χ1v) is 10.6. The van der Waals surface area contributed by atoms with Crippen LogP contribution in [0.1, 0.15) is 33.3 Å². The summed E-state index contributed by atoms with van der Waals surface area (Å²) in [5.74, 6) is -0.650. The van der Waals surface area contributed by atoms with Crippen LogP contribution in [0.25, 0.3) is 0 Å². The Bertz CT molecular complexity index is 1050. The highest BCUT2D eigenvalue weighted by Gasteiger charge is 2.33. The zero-order chi connectivity index (χ0) is 19.7. The highest BCUT2D eigenvalue weighted by molar-refractivity contribution is 9.10. The van der Waals surface area contributed by atoms with E-state index in [0.717, 1.165) is 33.6 Å². The van der Waals surface area contributed by atoms with Gasteiger partial charge in [-0.25, -0.2) is 4.98 Å². The molecule has 0 bridgehead atoms.